The molecule has 0 aliphatic carbocycles. The van der Waals surface area contributed by atoms with Crippen LogP contribution in [0, 0.1) is 0 Å². The summed E-state index contributed by atoms with van der Waals surface area (Å²) in [5.41, 5.74) is 2.22. The minimum Gasteiger partial charge on any atom is -0.464 e. The van der Waals surface area contributed by atoms with E-state index in [0.29, 0.717) is 43.0 Å². The number of carbonyl (C=O) groups is 1. The van der Waals surface area contributed by atoms with Gasteiger partial charge in [-0.1, -0.05) is 44.6 Å². The van der Waals surface area contributed by atoms with E-state index >= 15 is 0 Å². The molecule has 0 atom stereocenters. The Hall–Kier alpha value is -3.66. The Balaban J connectivity index is 1.68. The molecule has 37 heavy (non-hydrogen) atoms. The number of benzene rings is 1. The van der Waals surface area contributed by atoms with E-state index in [-0.39, 0.29) is 36.5 Å². The topological polar surface area (TPSA) is 103 Å². The van der Waals surface area contributed by atoms with Gasteiger partial charge in [0.05, 0.1) is 32.9 Å². The van der Waals surface area contributed by atoms with Crippen LogP contribution in [0.5, 0.6) is 6.01 Å². The highest BCUT2D eigenvalue weighted by Crippen LogP contribution is 2.26. The molecule has 0 spiro atoms. The maximum Gasteiger partial charge on any atom is 0.316 e. The number of amides is 1. The maximum atomic E-state index is 13.1. The second kappa shape index (κ2) is 13.0. The lowest BCUT2D eigenvalue weighted by Crippen LogP contribution is -2.35. The van der Waals surface area contributed by atoms with E-state index in [9.17, 15) is 9.18 Å². The summed E-state index contributed by atoms with van der Waals surface area (Å²) in [7, 11) is 0. The molecular formula is C27H34FN5O4. The fourth-order valence-corrected chi connectivity index (χ4v) is 3.36. The van der Waals surface area contributed by atoms with E-state index in [1.54, 1.807) is 17.3 Å². The van der Waals surface area contributed by atoms with Gasteiger partial charge in [-0.25, -0.2) is 9.97 Å². The van der Waals surface area contributed by atoms with Crippen LogP contribution in [-0.2, 0) is 21.4 Å². The number of aromatic nitrogens is 4. The van der Waals surface area contributed by atoms with Crippen molar-refractivity contribution in [1.82, 2.24) is 20.1 Å². The first-order valence-electron chi connectivity index (χ1n) is 12.2. The molecular weight excluding hydrogens is 477 g/mol. The summed E-state index contributed by atoms with van der Waals surface area (Å²) in [4.78, 5) is 27.5. The van der Waals surface area contributed by atoms with Gasteiger partial charge in [-0.15, -0.1) is 0 Å². The van der Waals surface area contributed by atoms with Crippen LogP contribution in [0.1, 0.15) is 45.8 Å². The van der Waals surface area contributed by atoms with Gasteiger partial charge in [-0.2, -0.15) is 4.98 Å². The third-order valence-electron chi connectivity index (χ3n) is 5.40. The highest BCUT2D eigenvalue weighted by molar-refractivity contribution is 6.05. The molecule has 1 aromatic carbocycles. The fraction of sp³-hybridized carbons (Fsp3) is 0.444. The molecule has 3 aromatic rings. The van der Waals surface area contributed by atoms with E-state index in [1.165, 1.54) is 0 Å². The number of rotatable bonds is 13. The van der Waals surface area contributed by atoms with Gasteiger partial charge in [0.25, 0.3) is 5.91 Å². The molecule has 9 nitrogen and oxygen atoms in total. The van der Waals surface area contributed by atoms with Gasteiger partial charge in [0, 0.05) is 47.6 Å². The van der Waals surface area contributed by atoms with E-state index in [0.717, 1.165) is 11.1 Å². The van der Waals surface area contributed by atoms with Crippen molar-refractivity contribution in [1.29, 1.82) is 0 Å². The lowest BCUT2D eigenvalue weighted by atomic mass is 9.96. The van der Waals surface area contributed by atoms with E-state index in [2.05, 4.69) is 26.7 Å². The van der Waals surface area contributed by atoms with Crippen LogP contribution in [0.25, 0.3) is 11.1 Å². The fourth-order valence-electron chi connectivity index (χ4n) is 3.36. The normalized spacial score (nSPS) is 11.4. The molecule has 10 heteroatoms. The molecule has 2 heterocycles. The largest absolute Gasteiger partial charge is 0.464 e. The number of ether oxygens (including phenoxy) is 2. The van der Waals surface area contributed by atoms with E-state index in [1.807, 2.05) is 52.0 Å². The first-order chi connectivity index (χ1) is 17.7. The molecule has 0 aliphatic rings. The average Bonchev–Trinajstić information content (AvgIpc) is 3.36. The standard InChI is InChI=1S/C27H34FN5O4/c1-6-36-26-29-17-21(18-30-26)20-8-7-9-22(16-20)33(24(34)19(2)10-12-28)13-15-35-14-11-23-31-25(32-37-23)27(3,4)5/h7-9,16-18H,2,6,10-15H2,1,3-5H3. The predicted octanol–water partition coefficient (Wildman–Crippen LogP) is 4.73. The second-order valence-corrected chi connectivity index (χ2v) is 9.36. The summed E-state index contributed by atoms with van der Waals surface area (Å²) in [6, 6.07) is 7.70. The summed E-state index contributed by atoms with van der Waals surface area (Å²) < 4.78 is 29.3. The Morgan fingerprint density at radius 3 is 2.57 bits per heavy atom. The summed E-state index contributed by atoms with van der Waals surface area (Å²) in [5, 5.41) is 4.01. The molecule has 0 bridgehead atoms. The van der Waals surface area contributed by atoms with Gasteiger partial charge in [-0.3, -0.25) is 9.18 Å². The van der Waals surface area contributed by atoms with Gasteiger partial charge >= 0.3 is 6.01 Å². The number of halogens is 1. The summed E-state index contributed by atoms with van der Waals surface area (Å²) in [5.74, 6) is 0.788. The third kappa shape index (κ3) is 7.91. The van der Waals surface area contributed by atoms with E-state index in [4.69, 9.17) is 14.0 Å². The van der Waals surface area contributed by atoms with Gasteiger partial charge in [0.2, 0.25) is 5.89 Å². The van der Waals surface area contributed by atoms with Crippen molar-refractivity contribution in [3.05, 3.63) is 60.5 Å². The number of anilines is 1. The van der Waals surface area contributed by atoms with Crippen LogP contribution in [0.4, 0.5) is 10.1 Å². The molecule has 198 valence electrons. The highest BCUT2D eigenvalue weighted by atomic mass is 19.1. The molecule has 0 aliphatic heterocycles. The summed E-state index contributed by atoms with van der Waals surface area (Å²) in [6.45, 7) is 12.4. The Morgan fingerprint density at radius 1 is 1.16 bits per heavy atom. The second-order valence-electron chi connectivity index (χ2n) is 9.36. The van der Waals surface area contributed by atoms with Crippen molar-refractivity contribution in [2.45, 2.75) is 46.0 Å². The van der Waals surface area contributed by atoms with Crippen molar-refractivity contribution < 1.29 is 23.2 Å². The predicted molar refractivity (Wildman–Crippen MR) is 138 cm³/mol. The zero-order valence-corrected chi connectivity index (χ0v) is 21.9. The van der Waals surface area contributed by atoms with Crippen molar-refractivity contribution in [2.24, 2.45) is 0 Å². The monoisotopic (exact) mass is 511 g/mol. The zero-order chi connectivity index (χ0) is 26.8. The highest BCUT2D eigenvalue weighted by Gasteiger charge is 2.21. The number of hydrogen-bond donors (Lipinski definition) is 0. The molecule has 0 saturated carbocycles. The lowest BCUT2D eigenvalue weighted by Gasteiger charge is -2.24. The Bertz CT molecular complexity index is 1170. The number of alkyl halides is 1. The van der Waals surface area contributed by atoms with Gasteiger partial charge < -0.3 is 18.9 Å². The smallest absolute Gasteiger partial charge is 0.316 e. The lowest BCUT2D eigenvalue weighted by molar-refractivity contribution is -0.115. The van der Waals surface area contributed by atoms with Crippen LogP contribution >= 0.6 is 0 Å². The maximum absolute atomic E-state index is 13.1. The SMILES string of the molecule is C=C(CCF)C(=O)N(CCOCCc1nc(C(C)(C)C)no1)c1cccc(-c2cnc(OCC)nc2)c1. The number of nitrogens with zero attached hydrogens (tertiary/aromatic N) is 5. The van der Waals surface area contributed by atoms with Crippen molar-refractivity contribution in [2.75, 3.05) is 37.9 Å². The molecule has 0 radical (unpaired) electrons. The first-order valence-corrected chi connectivity index (χ1v) is 12.2. The molecule has 2 aromatic heterocycles. The molecule has 0 saturated heterocycles. The van der Waals surface area contributed by atoms with Crippen molar-refractivity contribution >= 4 is 11.6 Å². The Morgan fingerprint density at radius 2 is 1.92 bits per heavy atom. The van der Waals surface area contributed by atoms with Crippen LogP contribution in [0.15, 0.2) is 53.3 Å². The minimum atomic E-state index is -0.654. The van der Waals surface area contributed by atoms with Crippen LogP contribution in [-0.4, -0.2) is 59.1 Å². The van der Waals surface area contributed by atoms with Gasteiger partial charge in [0.15, 0.2) is 5.82 Å². The Kier molecular flexibility index (Phi) is 9.85. The van der Waals surface area contributed by atoms with Crippen molar-refractivity contribution in [3.8, 4) is 17.1 Å². The van der Waals surface area contributed by atoms with Gasteiger partial charge in [-0.05, 0) is 24.6 Å². The first kappa shape index (κ1) is 27.9. The van der Waals surface area contributed by atoms with Crippen LogP contribution in [0.2, 0.25) is 0 Å². The number of hydrogen-bond acceptors (Lipinski definition) is 8. The average molecular weight is 512 g/mol. The third-order valence-corrected chi connectivity index (χ3v) is 5.40. The minimum absolute atomic E-state index is 0.0319. The molecule has 0 fully saturated rings. The van der Waals surface area contributed by atoms with Crippen molar-refractivity contribution in [3.63, 3.8) is 0 Å². The molecule has 1 amide bonds. The molecule has 0 N–H and O–H groups in total. The molecule has 3 rings (SSSR count). The zero-order valence-electron chi connectivity index (χ0n) is 21.9. The Labute approximate surface area is 216 Å². The number of carbonyl (C=O) groups excluding carboxylic acids is 1. The van der Waals surface area contributed by atoms with Gasteiger partial charge in [0.1, 0.15) is 0 Å². The van der Waals surface area contributed by atoms with Crippen LogP contribution in [0.3, 0.4) is 0 Å². The van der Waals surface area contributed by atoms with Crippen LogP contribution < -0.4 is 9.64 Å². The molecule has 0 unspecified atom stereocenters. The van der Waals surface area contributed by atoms with E-state index < -0.39 is 6.67 Å². The summed E-state index contributed by atoms with van der Waals surface area (Å²) in [6.07, 6.45) is 3.75. The summed E-state index contributed by atoms with van der Waals surface area (Å²) >= 11 is 0. The quantitative estimate of drug-likeness (QED) is 0.240.